The molecule has 6 heteroatoms. The van der Waals surface area contributed by atoms with Crippen LogP contribution in [0.4, 0.5) is 4.39 Å². The molecular weight excluding hydrogens is 395 g/mol. The van der Waals surface area contributed by atoms with Crippen molar-refractivity contribution < 1.29 is 18.7 Å². The zero-order valence-corrected chi connectivity index (χ0v) is 17.8. The molecule has 2 aromatic carbocycles. The molecule has 0 aliphatic carbocycles. The van der Waals surface area contributed by atoms with Gasteiger partial charge < -0.3 is 14.6 Å². The predicted octanol–water partition coefficient (Wildman–Crippen LogP) is 4.49. The first-order valence-electron chi connectivity index (χ1n) is 10.4. The van der Waals surface area contributed by atoms with Crippen molar-refractivity contribution in [2.75, 3.05) is 7.11 Å². The summed E-state index contributed by atoms with van der Waals surface area (Å²) < 4.78 is 20.8. The number of hydrogen-bond acceptors (Lipinski definition) is 3. The van der Waals surface area contributed by atoms with Gasteiger partial charge in [-0.15, -0.1) is 0 Å². The van der Waals surface area contributed by atoms with Crippen LogP contribution in [0.15, 0.2) is 60.8 Å². The number of nitrogens with one attached hydrogen (secondary N) is 1. The van der Waals surface area contributed by atoms with Crippen LogP contribution in [0.25, 0.3) is 17.0 Å². The minimum Gasteiger partial charge on any atom is -0.467 e. The molecule has 0 radical (unpaired) electrons. The van der Waals surface area contributed by atoms with Crippen LogP contribution >= 0.6 is 0 Å². The lowest BCUT2D eigenvalue weighted by molar-refractivity contribution is -0.144. The zero-order valence-electron chi connectivity index (χ0n) is 17.8. The van der Waals surface area contributed by atoms with Crippen LogP contribution in [0.2, 0.25) is 0 Å². The smallest absolute Gasteiger partial charge is 0.328 e. The highest BCUT2D eigenvalue weighted by Crippen LogP contribution is 2.23. The number of nitrogens with zero attached hydrogens (tertiary/aromatic N) is 1. The van der Waals surface area contributed by atoms with Crippen LogP contribution in [0.1, 0.15) is 30.9 Å². The van der Waals surface area contributed by atoms with E-state index in [1.807, 2.05) is 24.4 Å². The van der Waals surface area contributed by atoms with E-state index in [1.165, 1.54) is 25.3 Å². The molecule has 31 heavy (non-hydrogen) atoms. The second-order valence-corrected chi connectivity index (χ2v) is 7.36. The van der Waals surface area contributed by atoms with Crippen LogP contribution in [0, 0.1) is 5.82 Å². The van der Waals surface area contributed by atoms with Crippen molar-refractivity contribution in [3.8, 4) is 0 Å². The predicted molar refractivity (Wildman–Crippen MR) is 120 cm³/mol. The van der Waals surface area contributed by atoms with E-state index in [1.54, 1.807) is 18.2 Å². The van der Waals surface area contributed by atoms with Crippen molar-refractivity contribution in [3.63, 3.8) is 0 Å². The van der Waals surface area contributed by atoms with E-state index in [9.17, 15) is 14.0 Å². The number of unbranched alkanes of at least 4 members (excludes halogenated alkanes) is 1. The van der Waals surface area contributed by atoms with Crippen molar-refractivity contribution in [1.29, 1.82) is 0 Å². The Labute approximate surface area is 181 Å². The van der Waals surface area contributed by atoms with Gasteiger partial charge >= 0.3 is 5.97 Å². The summed E-state index contributed by atoms with van der Waals surface area (Å²) in [7, 11) is 1.29. The summed E-state index contributed by atoms with van der Waals surface area (Å²) in [4.78, 5) is 24.8. The lowest BCUT2D eigenvalue weighted by Gasteiger charge is -2.15. The number of hydrogen-bond donors (Lipinski definition) is 1. The van der Waals surface area contributed by atoms with Crippen LogP contribution in [-0.4, -0.2) is 29.6 Å². The summed E-state index contributed by atoms with van der Waals surface area (Å²) in [6.45, 7) is 3.03. The molecule has 0 aliphatic rings. The highest BCUT2D eigenvalue weighted by molar-refractivity contribution is 5.95. The number of esters is 1. The molecule has 162 valence electrons. The van der Waals surface area contributed by atoms with Crippen molar-refractivity contribution in [2.45, 2.75) is 38.8 Å². The number of rotatable bonds is 9. The number of amides is 1. The third-order valence-electron chi connectivity index (χ3n) is 5.17. The topological polar surface area (TPSA) is 60.3 Å². The van der Waals surface area contributed by atoms with E-state index < -0.39 is 23.7 Å². The number of carbonyl (C=O) groups is 2. The minimum atomic E-state index is -0.854. The number of para-hydroxylation sites is 1. The average Bonchev–Trinajstić information content (AvgIpc) is 3.13. The minimum absolute atomic E-state index is 0.297. The van der Waals surface area contributed by atoms with Crippen molar-refractivity contribution in [1.82, 2.24) is 9.88 Å². The van der Waals surface area contributed by atoms with Gasteiger partial charge in [0.1, 0.15) is 11.9 Å². The highest BCUT2D eigenvalue weighted by atomic mass is 19.1. The SMILES string of the molecule is CCCCn1cc(C[C@H](NC(=O)/C=C/c2ccccc2F)C(=O)OC)c2ccccc21. The fourth-order valence-electron chi connectivity index (χ4n) is 3.55. The molecule has 0 saturated carbocycles. The lowest BCUT2D eigenvalue weighted by atomic mass is 10.0. The molecule has 3 rings (SSSR count). The Balaban J connectivity index is 1.80. The molecule has 0 unspecified atom stereocenters. The summed E-state index contributed by atoms with van der Waals surface area (Å²) in [5.41, 5.74) is 2.35. The molecule has 0 spiro atoms. The maximum absolute atomic E-state index is 13.8. The number of fused-ring (bicyclic) bond motifs is 1. The molecule has 1 N–H and O–H groups in total. The first-order chi connectivity index (χ1) is 15.0. The molecule has 5 nitrogen and oxygen atoms in total. The Morgan fingerprint density at radius 1 is 1.16 bits per heavy atom. The van der Waals surface area contributed by atoms with Crippen LogP contribution < -0.4 is 5.32 Å². The third-order valence-corrected chi connectivity index (χ3v) is 5.17. The first-order valence-corrected chi connectivity index (χ1v) is 10.4. The second kappa shape index (κ2) is 10.6. The molecule has 1 amide bonds. The number of aromatic nitrogens is 1. The molecule has 1 aromatic heterocycles. The average molecular weight is 423 g/mol. The van der Waals surface area contributed by atoms with E-state index in [2.05, 4.69) is 22.9 Å². The first kappa shape index (κ1) is 22.3. The van der Waals surface area contributed by atoms with Gasteiger partial charge in [-0.25, -0.2) is 9.18 Å². The van der Waals surface area contributed by atoms with E-state index in [0.29, 0.717) is 12.0 Å². The summed E-state index contributed by atoms with van der Waals surface area (Å²) >= 11 is 0. The number of methoxy groups -OCH3 is 1. The molecule has 1 heterocycles. The summed E-state index contributed by atoms with van der Waals surface area (Å²) in [6, 6.07) is 13.3. The summed E-state index contributed by atoms with van der Waals surface area (Å²) in [5, 5.41) is 3.74. The quantitative estimate of drug-likeness (QED) is 0.408. The molecular formula is C25H27FN2O3. The fraction of sp³-hybridized carbons (Fsp3) is 0.280. The Morgan fingerprint density at radius 2 is 1.90 bits per heavy atom. The molecule has 3 aromatic rings. The Morgan fingerprint density at radius 3 is 2.65 bits per heavy atom. The fourth-order valence-corrected chi connectivity index (χ4v) is 3.55. The van der Waals surface area contributed by atoms with Gasteiger partial charge in [0, 0.05) is 41.7 Å². The lowest BCUT2D eigenvalue weighted by Crippen LogP contribution is -2.42. The standard InChI is InChI=1S/C25H27FN2O3/c1-3-4-15-28-17-19(20-10-6-8-12-23(20)28)16-22(25(30)31-2)27-24(29)14-13-18-9-5-7-11-21(18)26/h5-14,17,22H,3-4,15-16H2,1-2H3,(H,27,29)/b14-13+/t22-/m0/s1. The van der Waals surface area contributed by atoms with Gasteiger partial charge in [-0.3, -0.25) is 4.79 Å². The number of ether oxygens (including phenoxy) is 1. The van der Waals surface area contributed by atoms with E-state index in [0.717, 1.165) is 35.9 Å². The molecule has 0 aliphatic heterocycles. The Kier molecular flexibility index (Phi) is 7.60. The Hall–Kier alpha value is -3.41. The van der Waals surface area contributed by atoms with E-state index in [-0.39, 0.29) is 0 Å². The largest absolute Gasteiger partial charge is 0.467 e. The van der Waals surface area contributed by atoms with Crippen LogP contribution in [-0.2, 0) is 27.3 Å². The van der Waals surface area contributed by atoms with E-state index in [4.69, 9.17) is 4.74 Å². The molecule has 0 fully saturated rings. The van der Waals surface area contributed by atoms with Crippen molar-refractivity contribution in [3.05, 3.63) is 77.7 Å². The molecule has 0 bridgehead atoms. The number of benzene rings is 2. The molecule has 1 atom stereocenters. The molecule has 0 saturated heterocycles. The van der Waals surface area contributed by atoms with Crippen LogP contribution in [0.3, 0.4) is 0 Å². The van der Waals surface area contributed by atoms with Crippen molar-refractivity contribution in [2.24, 2.45) is 0 Å². The third kappa shape index (κ3) is 5.60. The highest BCUT2D eigenvalue weighted by Gasteiger charge is 2.23. The monoisotopic (exact) mass is 422 g/mol. The normalized spacial score (nSPS) is 12.2. The number of aryl methyl sites for hydroxylation is 1. The van der Waals surface area contributed by atoms with E-state index >= 15 is 0 Å². The Bertz CT molecular complexity index is 1090. The number of halogens is 1. The summed E-state index contributed by atoms with van der Waals surface area (Å²) in [6.07, 6.45) is 7.07. The maximum atomic E-state index is 13.8. The van der Waals surface area contributed by atoms with Gasteiger partial charge in [0.15, 0.2) is 0 Å². The second-order valence-electron chi connectivity index (χ2n) is 7.36. The van der Waals surface area contributed by atoms with Gasteiger partial charge in [-0.1, -0.05) is 49.7 Å². The number of carbonyl (C=O) groups excluding carboxylic acids is 2. The van der Waals surface area contributed by atoms with Crippen LogP contribution in [0.5, 0.6) is 0 Å². The van der Waals surface area contributed by atoms with Crippen molar-refractivity contribution >= 4 is 28.9 Å². The van der Waals surface area contributed by atoms with Gasteiger partial charge in [0.05, 0.1) is 7.11 Å². The zero-order chi connectivity index (χ0) is 22.2. The van der Waals surface area contributed by atoms with Gasteiger partial charge in [0.25, 0.3) is 0 Å². The van der Waals surface area contributed by atoms with Gasteiger partial charge in [0.2, 0.25) is 5.91 Å². The van der Waals surface area contributed by atoms with Gasteiger partial charge in [-0.05, 0) is 30.2 Å². The summed E-state index contributed by atoms with van der Waals surface area (Å²) in [5.74, 6) is -1.44. The maximum Gasteiger partial charge on any atom is 0.328 e. The van der Waals surface area contributed by atoms with Gasteiger partial charge in [-0.2, -0.15) is 0 Å².